The Bertz CT molecular complexity index is 207. The summed E-state index contributed by atoms with van der Waals surface area (Å²) in [7, 11) is 4.16. The summed E-state index contributed by atoms with van der Waals surface area (Å²) in [6.07, 6.45) is 0. The average molecular weight is 204 g/mol. The molecule has 14 heavy (non-hydrogen) atoms. The zero-order chi connectivity index (χ0) is 11.2. The fraction of sp³-hybridized carbons (Fsp3) is 0.667. The maximum atomic E-state index is 11.2. The number of carbonyl (C=O) groups is 1. The van der Waals surface area contributed by atoms with E-state index in [2.05, 4.69) is 6.58 Å². The lowest BCUT2D eigenvalue weighted by Gasteiger charge is -2.28. The van der Waals surface area contributed by atoms with Crippen molar-refractivity contribution in [3.05, 3.63) is 12.2 Å². The van der Waals surface area contributed by atoms with Gasteiger partial charge < -0.3 is 18.9 Å². The molecular weight excluding hydrogens is 188 g/mol. The third-order valence-corrected chi connectivity index (χ3v) is 1.54. The molecule has 0 aromatic carbocycles. The Kier molecular flexibility index (Phi) is 5.37. The fourth-order valence-corrected chi connectivity index (χ4v) is 0.719. The minimum absolute atomic E-state index is 0.0149. The highest BCUT2D eigenvalue weighted by Crippen LogP contribution is 2.15. The Morgan fingerprint density at radius 1 is 1.29 bits per heavy atom. The molecule has 5 nitrogen and oxygen atoms in total. The van der Waals surface area contributed by atoms with E-state index < -0.39 is 11.9 Å². The van der Waals surface area contributed by atoms with E-state index in [4.69, 9.17) is 18.9 Å². The van der Waals surface area contributed by atoms with Gasteiger partial charge in [-0.1, -0.05) is 6.58 Å². The molecular formula is C9H16O5. The van der Waals surface area contributed by atoms with Crippen molar-refractivity contribution < 1.29 is 23.7 Å². The summed E-state index contributed by atoms with van der Waals surface area (Å²) in [6, 6.07) is 0. The molecule has 0 aliphatic carbocycles. The Hall–Kier alpha value is -0.910. The molecule has 0 spiro atoms. The molecule has 0 saturated carbocycles. The van der Waals surface area contributed by atoms with Crippen molar-refractivity contribution >= 4 is 5.97 Å². The van der Waals surface area contributed by atoms with Crippen LogP contribution in [0.3, 0.4) is 0 Å². The first kappa shape index (κ1) is 13.1. The van der Waals surface area contributed by atoms with Gasteiger partial charge in [0.15, 0.2) is 0 Å². The Labute approximate surface area is 83.6 Å². The molecule has 0 rings (SSSR count). The van der Waals surface area contributed by atoms with Gasteiger partial charge in [-0.05, 0) is 6.92 Å². The van der Waals surface area contributed by atoms with Gasteiger partial charge >= 0.3 is 11.9 Å². The molecule has 0 N–H and O–H groups in total. The smallest absolute Gasteiger partial charge is 0.353 e. The molecule has 0 fully saturated rings. The van der Waals surface area contributed by atoms with Gasteiger partial charge in [0.2, 0.25) is 0 Å². The summed E-state index contributed by atoms with van der Waals surface area (Å²) >= 11 is 0. The van der Waals surface area contributed by atoms with Crippen LogP contribution >= 0.6 is 0 Å². The molecule has 82 valence electrons. The topological polar surface area (TPSA) is 54.0 Å². The molecule has 0 amide bonds. The molecule has 0 atom stereocenters. The van der Waals surface area contributed by atoms with Crippen LogP contribution in [0.1, 0.15) is 6.92 Å². The maximum absolute atomic E-state index is 11.2. The number of hydrogen-bond acceptors (Lipinski definition) is 5. The standard InChI is InChI=1S/C9H16O5/c1-7(2)8(10)14-9(12-4,13-5)6-11-3/h1,6H2,2-5H3. The van der Waals surface area contributed by atoms with Gasteiger partial charge in [-0.2, -0.15) is 0 Å². The Morgan fingerprint density at radius 3 is 2.07 bits per heavy atom. The first-order valence-electron chi connectivity index (χ1n) is 3.99. The van der Waals surface area contributed by atoms with Gasteiger partial charge in [0.1, 0.15) is 6.61 Å². The average Bonchev–Trinajstić information content (AvgIpc) is 2.16. The van der Waals surface area contributed by atoms with Crippen molar-refractivity contribution in [1.82, 2.24) is 0 Å². The zero-order valence-corrected chi connectivity index (χ0v) is 8.96. The molecule has 5 heteroatoms. The van der Waals surface area contributed by atoms with E-state index in [1.54, 1.807) is 0 Å². The lowest BCUT2D eigenvalue weighted by atomic mass is 10.4. The number of methoxy groups -OCH3 is 3. The van der Waals surface area contributed by atoms with Crippen LogP contribution in [0.15, 0.2) is 12.2 Å². The van der Waals surface area contributed by atoms with Crippen LogP contribution in [0.4, 0.5) is 0 Å². The highest BCUT2D eigenvalue weighted by Gasteiger charge is 2.35. The lowest BCUT2D eigenvalue weighted by Crippen LogP contribution is -2.43. The zero-order valence-electron chi connectivity index (χ0n) is 8.96. The second kappa shape index (κ2) is 5.74. The van der Waals surface area contributed by atoms with Crippen LogP contribution < -0.4 is 0 Å². The van der Waals surface area contributed by atoms with Gasteiger partial charge in [-0.15, -0.1) is 0 Å². The number of rotatable bonds is 6. The summed E-state index contributed by atoms with van der Waals surface area (Å²) in [4.78, 5) is 11.2. The van der Waals surface area contributed by atoms with Gasteiger partial charge in [0.25, 0.3) is 0 Å². The molecule has 0 aromatic heterocycles. The second-order valence-corrected chi connectivity index (χ2v) is 2.69. The van der Waals surface area contributed by atoms with E-state index in [1.165, 1.54) is 28.3 Å². The minimum atomic E-state index is -1.50. The van der Waals surface area contributed by atoms with Crippen molar-refractivity contribution in [3.63, 3.8) is 0 Å². The fourth-order valence-electron chi connectivity index (χ4n) is 0.719. The van der Waals surface area contributed by atoms with E-state index in [0.717, 1.165) is 0 Å². The maximum Gasteiger partial charge on any atom is 0.353 e. The van der Waals surface area contributed by atoms with Gasteiger partial charge in [-0.25, -0.2) is 4.79 Å². The van der Waals surface area contributed by atoms with E-state index in [-0.39, 0.29) is 12.2 Å². The predicted octanol–water partition coefficient (Wildman–Crippen LogP) is 0.699. The van der Waals surface area contributed by atoms with E-state index in [1.807, 2.05) is 0 Å². The van der Waals surface area contributed by atoms with Crippen LogP contribution in [-0.4, -0.2) is 39.9 Å². The number of esters is 1. The highest BCUT2D eigenvalue weighted by molar-refractivity contribution is 5.87. The monoisotopic (exact) mass is 204 g/mol. The molecule has 0 unspecified atom stereocenters. The third kappa shape index (κ3) is 3.45. The number of hydrogen-bond donors (Lipinski definition) is 0. The quantitative estimate of drug-likeness (QED) is 0.362. The SMILES string of the molecule is C=C(C)C(=O)OC(COC)(OC)OC. The molecule has 0 aliphatic rings. The summed E-state index contributed by atoms with van der Waals surface area (Å²) in [5.41, 5.74) is 0.263. The summed E-state index contributed by atoms with van der Waals surface area (Å²) in [6.45, 7) is 4.96. The molecule has 0 heterocycles. The first-order chi connectivity index (χ1) is 6.51. The van der Waals surface area contributed by atoms with Crippen LogP contribution in [0.2, 0.25) is 0 Å². The van der Waals surface area contributed by atoms with Crippen molar-refractivity contribution in [3.8, 4) is 0 Å². The summed E-state index contributed by atoms with van der Waals surface area (Å²) in [5.74, 6) is -2.09. The minimum Gasteiger partial charge on any atom is -0.402 e. The molecule has 0 bridgehead atoms. The molecule has 0 saturated heterocycles. The number of ether oxygens (including phenoxy) is 4. The van der Waals surface area contributed by atoms with E-state index in [0.29, 0.717) is 0 Å². The van der Waals surface area contributed by atoms with E-state index >= 15 is 0 Å². The second-order valence-electron chi connectivity index (χ2n) is 2.69. The summed E-state index contributed by atoms with van der Waals surface area (Å²) in [5, 5.41) is 0. The lowest BCUT2D eigenvalue weighted by molar-refractivity contribution is -0.356. The van der Waals surface area contributed by atoms with E-state index in [9.17, 15) is 4.79 Å². The molecule has 0 aliphatic heterocycles. The van der Waals surface area contributed by atoms with Crippen LogP contribution in [0, 0.1) is 0 Å². The van der Waals surface area contributed by atoms with Gasteiger partial charge in [0, 0.05) is 26.9 Å². The van der Waals surface area contributed by atoms with Gasteiger partial charge in [0.05, 0.1) is 0 Å². The van der Waals surface area contributed by atoms with Crippen molar-refractivity contribution in [2.75, 3.05) is 27.9 Å². The van der Waals surface area contributed by atoms with Crippen molar-refractivity contribution in [2.45, 2.75) is 12.9 Å². The molecule has 0 radical (unpaired) electrons. The molecule has 0 aromatic rings. The first-order valence-corrected chi connectivity index (χ1v) is 3.99. The number of carbonyl (C=O) groups excluding carboxylic acids is 1. The summed E-state index contributed by atoms with van der Waals surface area (Å²) < 4.78 is 19.6. The Morgan fingerprint density at radius 2 is 1.79 bits per heavy atom. The normalized spacial score (nSPS) is 11.1. The van der Waals surface area contributed by atoms with Gasteiger partial charge in [-0.3, -0.25) is 0 Å². The predicted molar refractivity (Wildman–Crippen MR) is 49.5 cm³/mol. The third-order valence-electron chi connectivity index (χ3n) is 1.54. The van der Waals surface area contributed by atoms with Crippen LogP contribution in [0.5, 0.6) is 0 Å². The van der Waals surface area contributed by atoms with Crippen LogP contribution in [-0.2, 0) is 23.7 Å². The highest BCUT2D eigenvalue weighted by atomic mass is 16.9. The van der Waals surface area contributed by atoms with Crippen molar-refractivity contribution in [1.29, 1.82) is 0 Å². The van der Waals surface area contributed by atoms with Crippen LogP contribution in [0.25, 0.3) is 0 Å². The largest absolute Gasteiger partial charge is 0.402 e. The van der Waals surface area contributed by atoms with Crippen molar-refractivity contribution in [2.24, 2.45) is 0 Å². The Balaban J connectivity index is 4.49.